The lowest BCUT2D eigenvalue weighted by Crippen LogP contribution is -2.20. The molecule has 0 saturated carbocycles. The normalized spacial score (nSPS) is 13.8. The zero-order valence-corrected chi connectivity index (χ0v) is 16.2. The molecule has 0 aromatic carbocycles. The van der Waals surface area contributed by atoms with E-state index in [9.17, 15) is 0 Å². The standard InChI is InChI=1S/C19H33N.HI/c1-3-5-6-7-8-9-10-11-12-13-16-20-17-14-19(4-2)15-18-20;/h4,14-15,17H,2-3,5-13,16,18H2,1H3;1H. The lowest BCUT2D eigenvalue weighted by atomic mass is 10.1. The molecule has 0 aliphatic carbocycles. The van der Waals surface area contributed by atoms with Crippen LogP contribution in [-0.4, -0.2) is 18.0 Å². The molecular formula is C19H34IN. The van der Waals surface area contributed by atoms with Crippen LogP contribution in [0.4, 0.5) is 0 Å². The van der Waals surface area contributed by atoms with Crippen molar-refractivity contribution >= 4 is 24.0 Å². The van der Waals surface area contributed by atoms with Crippen LogP contribution in [0.25, 0.3) is 0 Å². The van der Waals surface area contributed by atoms with Crippen LogP contribution in [0.1, 0.15) is 71.1 Å². The highest BCUT2D eigenvalue weighted by atomic mass is 127. The Bertz CT molecular complexity index is 307. The Balaban J connectivity index is 0.00000400. The maximum absolute atomic E-state index is 3.80. The third-order valence-electron chi connectivity index (χ3n) is 4.07. The summed E-state index contributed by atoms with van der Waals surface area (Å²) in [5.74, 6) is 0. The molecule has 0 saturated heterocycles. The summed E-state index contributed by atoms with van der Waals surface area (Å²) < 4.78 is 0. The minimum Gasteiger partial charge on any atom is -0.374 e. The molecule has 0 radical (unpaired) electrons. The van der Waals surface area contributed by atoms with Gasteiger partial charge in [-0.2, -0.15) is 0 Å². The number of halogens is 1. The Morgan fingerprint density at radius 1 is 1.00 bits per heavy atom. The molecule has 0 aromatic rings. The van der Waals surface area contributed by atoms with E-state index < -0.39 is 0 Å². The summed E-state index contributed by atoms with van der Waals surface area (Å²) in [7, 11) is 0. The molecule has 2 heteroatoms. The first-order valence-corrected chi connectivity index (χ1v) is 8.61. The number of rotatable bonds is 12. The summed E-state index contributed by atoms with van der Waals surface area (Å²) >= 11 is 0. The predicted molar refractivity (Wildman–Crippen MR) is 106 cm³/mol. The monoisotopic (exact) mass is 403 g/mol. The molecule has 0 spiro atoms. The van der Waals surface area contributed by atoms with Crippen molar-refractivity contribution < 1.29 is 0 Å². The van der Waals surface area contributed by atoms with Gasteiger partial charge in [-0.25, -0.2) is 0 Å². The van der Waals surface area contributed by atoms with Gasteiger partial charge in [-0.1, -0.05) is 83.4 Å². The number of unbranched alkanes of at least 4 members (excludes halogenated alkanes) is 9. The highest BCUT2D eigenvalue weighted by molar-refractivity contribution is 14.0. The molecule has 1 aliphatic rings. The Labute approximate surface area is 149 Å². The van der Waals surface area contributed by atoms with Crippen molar-refractivity contribution in [3.05, 3.63) is 36.6 Å². The molecule has 1 aliphatic heterocycles. The van der Waals surface area contributed by atoms with Gasteiger partial charge in [-0.3, -0.25) is 0 Å². The molecule has 0 aromatic heterocycles. The summed E-state index contributed by atoms with van der Waals surface area (Å²) in [5, 5.41) is 0. The fourth-order valence-electron chi connectivity index (χ4n) is 2.66. The molecule has 0 atom stereocenters. The van der Waals surface area contributed by atoms with Crippen molar-refractivity contribution in [3.63, 3.8) is 0 Å². The molecule has 1 rings (SSSR count). The van der Waals surface area contributed by atoms with Gasteiger partial charge in [0.15, 0.2) is 0 Å². The van der Waals surface area contributed by atoms with Gasteiger partial charge in [-0.15, -0.1) is 24.0 Å². The highest BCUT2D eigenvalue weighted by Crippen LogP contribution is 2.12. The second kappa shape index (κ2) is 14.7. The fraction of sp³-hybridized carbons (Fsp3) is 0.684. The Kier molecular flexibility index (Phi) is 14.5. The van der Waals surface area contributed by atoms with Crippen LogP contribution in [0, 0.1) is 0 Å². The summed E-state index contributed by atoms with van der Waals surface area (Å²) in [6.45, 7) is 8.34. The van der Waals surface area contributed by atoms with Crippen LogP contribution in [0.5, 0.6) is 0 Å². The zero-order valence-electron chi connectivity index (χ0n) is 13.9. The lowest BCUT2D eigenvalue weighted by molar-refractivity contribution is 0.391. The smallest absolute Gasteiger partial charge is 0.0362 e. The molecular weight excluding hydrogens is 369 g/mol. The molecule has 0 N–H and O–H groups in total. The number of nitrogens with zero attached hydrogens (tertiary/aromatic N) is 1. The van der Waals surface area contributed by atoms with Crippen LogP contribution in [0.3, 0.4) is 0 Å². The third-order valence-corrected chi connectivity index (χ3v) is 4.07. The highest BCUT2D eigenvalue weighted by Gasteiger charge is 2.02. The molecule has 0 unspecified atom stereocenters. The Morgan fingerprint density at radius 3 is 2.05 bits per heavy atom. The summed E-state index contributed by atoms with van der Waals surface area (Å²) in [5.41, 5.74) is 1.25. The Morgan fingerprint density at radius 2 is 1.57 bits per heavy atom. The van der Waals surface area contributed by atoms with Gasteiger partial charge in [0.25, 0.3) is 0 Å². The predicted octanol–water partition coefficient (Wildman–Crippen LogP) is 6.47. The Hall–Kier alpha value is -0.250. The molecule has 0 fully saturated rings. The van der Waals surface area contributed by atoms with E-state index in [-0.39, 0.29) is 24.0 Å². The van der Waals surface area contributed by atoms with Crippen molar-refractivity contribution in [1.82, 2.24) is 4.90 Å². The van der Waals surface area contributed by atoms with Crippen molar-refractivity contribution in [2.45, 2.75) is 71.1 Å². The van der Waals surface area contributed by atoms with Crippen LogP contribution < -0.4 is 0 Å². The van der Waals surface area contributed by atoms with Gasteiger partial charge in [0.2, 0.25) is 0 Å². The summed E-state index contributed by atoms with van der Waals surface area (Å²) in [6.07, 6.45) is 22.7. The average molecular weight is 403 g/mol. The van der Waals surface area contributed by atoms with E-state index in [2.05, 4.69) is 36.8 Å². The first kappa shape index (κ1) is 20.8. The number of hydrogen-bond donors (Lipinski definition) is 0. The van der Waals surface area contributed by atoms with E-state index in [0.717, 1.165) is 6.54 Å². The van der Waals surface area contributed by atoms with E-state index in [1.165, 1.54) is 76.3 Å². The molecule has 0 amide bonds. The van der Waals surface area contributed by atoms with E-state index in [0.29, 0.717) is 0 Å². The van der Waals surface area contributed by atoms with Gasteiger partial charge in [0.05, 0.1) is 0 Å². The van der Waals surface area contributed by atoms with Gasteiger partial charge < -0.3 is 4.90 Å². The average Bonchev–Trinajstić information content (AvgIpc) is 2.50. The summed E-state index contributed by atoms with van der Waals surface area (Å²) in [4.78, 5) is 2.40. The van der Waals surface area contributed by atoms with E-state index in [4.69, 9.17) is 0 Å². The first-order valence-electron chi connectivity index (χ1n) is 8.61. The van der Waals surface area contributed by atoms with E-state index >= 15 is 0 Å². The second-order valence-electron chi connectivity index (χ2n) is 5.90. The molecule has 1 nitrogen and oxygen atoms in total. The van der Waals surface area contributed by atoms with Crippen molar-refractivity contribution in [1.29, 1.82) is 0 Å². The summed E-state index contributed by atoms with van der Waals surface area (Å²) in [6, 6.07) is 0. The van der Waals surface area contributed by atoms with Gasteiger partial charge >= 0.3 is 0 Å². The zero-order chi connectivity index (χ0) is 14.5. The quantitative estimate of drug-likeness (QED) is 0.267. The fourth-order valence-corrected chi connectivity index (χ4v) is 2.66. The van der Waals surface area contributed by atoms with Crippen LogP contribution in [0.15, 0.2) is 36.6 Å². The van der Waals surface area contributed by atoms with Crippen LogP contribution in [-0.2, 0) is 0 Å². The second-order valence-corrected chi connectivity index (χ2v) is 5.90. The van der Waals surface area contributed by atoms with Gasteiger partial charge in [-0.05, 0) is 24.3 Å². The van der Waals surface area contributed by atoms with E-state index in [1.54, 1.807) is 0 Å². The molecule has 122 valence electrons. The van der Waals surface area contributed by atoms with Crippen molar-refractivity contribution in [2.75, 3.05) is 13.1 Å². The van der Waals surface area contributed by atoms with Crippen LogP contribution in [0.2, 0.25) is 0 Å². The van der Waals surface area contributed by atoms with Gasteiger partial charge in [0, 0.05) is 13.1 Å². The van der Waals surface area contributed by atoms with E-state index in [1.807, 2.05) is 6.08 Å². The number of hydrogen-bond acceptors (Lipinski definition) is 1. The topological polar surface area (TPSA) is 3.24 Å². The van der Waals surface area contributed by atoms with Crippen LogP contribution >= 0.6 is 24.0 Å². The largest absolute Gasteiger partial charge is 0.374 e. The maximum atomic E-state index is 3.80. The SMILES string of the molecule is C=CC1=CCN(CCCCCCCCCCCC)C=C1.I. The lowest BCUT2D eigenvalue weighted by Gasteiger charge is -2.21. The minimum atomic E-state index is 0. The molecule has 21 heavy (non-hydrogen) atoms. The first-order chi connectivity index (χ1) is 9.86. The third kappa shape index (κ3) is 11.0. The maximum Gasteiger partial charge on any atom is 0.0362 e. The van der Waals surface area contributed by atoms with Crippen molar-refractivity contribution in [2.24, 2.45) is 0 Å². The number of allylic oxidation sites excluding steroid dienone is 3. The minimum absolute atomic E-state index is 0. The van der Waals surface area contributed by atoms with Gasteiger partial charge in [0.1, 0.15) is 0 Å². The molecule has 1 heterocycles. The molecule has 0 bridgehead atoms. The van der Waals surface area contributed by atoms with Crippen molar-refractivity contribution in [3.8, 4) is 0 Å².